The Kier molecular flexibility index (Phi) is 4.58. The first-order valence-corrected chi connectivity index (χ1v) is 7.06. The summed E-state index contributed by atoms with van der Waals surface area (Å²) in [5.41, 5.74) is 5.70. The molecular weight excluding hydrogens is 240 g/mol. The summed E-state index contributed by atoms with van der Waals surface area (Å²) in [7, 11) is 2.02. The molecule has 1 amide bonds. The molecule has 1 aromatic rings. The molecule has 2 N–H and O–H groups in total. The van der Waals surface area contributed by atoms with Crippen molar-refractivity contribution in [3.63, 3.8) is 0 Å². The second-order valence-corrected chi connectivity index (χ2v) is 5.69. The van der Waals surface area contributed by atoms with Gasteiger partial charge >= 0.3 is 0 Å². The Morgan fingerprint density at radius 1 is 1.63 bits per heavy atom. The predicted molar refractivity (Wildman–Crippen MR) is 74.5 cm³/mol. The average molecular weight is 264 g/mol. The van der Waals surface area contributed by atoms with Gasteiger partial charge < -0.3 is 15.2 Å². The van der Waals surface area contributed by atoms with E-state index in [2.05, 4.69) is 9.55 Å². The van der Waals surface area contributed by atoms with Gasteiger partial charge in [-0.1, -0.05) is 0 Å². The molecule has 1 aliphatic heterocycles. The fraction of sp³-hybridized carbons (Fsp3) is 0.714. The summed E-state index contributed by atoms with van der Waals surface area (Å²) in [6, 6.07) is -0.0533. The number of imidazole rings is 1. The number of nitrogens with zero attached hydrogens (tertiary/aromatic N) is 3. The molecule has 2 rings (SSSR count). The van der Waals surface area contributed by atoms with Gasteiger partial charge in [-0.2, -0.15) is 0 Å². The molecule has 1 fully saturated rings. The molecule has 0 radical (unpaired) electrons. The van der Waals surface area contributed by atoms with Gasteiger partial charge in [0.2, 0.25) is 5.91 Å². The van der Waals surface area contributed by atoms with Crippen molar-refractivity contribution in [2.75, 3.05) is 13.1 Å². The molecule has 0 bridgehead atoms. The molecule has 0 aromatic carbocycles. The van der Waals surface area contributed by atoms with Crippen molar-refractivity contribution in [2.24, 2.45) is 18.7 Å². The van der Waals surface area contributed by atoms with E-state index in [0.29, 0.717) is 12.3 Å². The second-order valence-electron chi connectivity index (χ2n) is 5.69. The Hall–Kier alpha value is -1.36. The fourth-order valence-corrected chi connectivity index (χ4v) is 2.71. The van der Waals surface area contributed by atoms with Crippen molar-refractivity contribution in [1.82, 2.24) is 14.5 Å². The van der Waals surface area contributed by atoms with Crippen molar-refractivity contribution in [3.8, 4) is 0 Å². The van der Waals surface area contributed by atoms with E-state index in [-0.39, 0.29) is 11.9 Å². The number of aryl methyl sites for hydroxylation is 1. The highest BCUT2D eigenvalue weighted by molar-refractivity contribution is 5.76. The molecular formula is C14H24N4O. The Bertz CT molecular complexity index is 427. The lowest BCUT2D eigenvalue weighted by Gasteiger charge is -2.33. The molecule has 106 valence electrons. The van der Waals surface area contributed by atoms with E-state index >= 15 is 0 Å². The Labute approximate surface area is 114 Å². The van der Waals surface area contributed by atoms with Gasteiger partial charge in [-0.05, 0) is 25.7 Å². The summed E-state index contributed by atoms with van der Waals surface area (Å²) >= 11 is 0. The maximum Gasteiger partial charge on any atom is 0.224 e. The van der Waals surface area contributed by atoms with Gasteiger partial charge in [-0.15, -0.1) is 0 Å². The number of aromatic nitrogens is 2. The minimum atomic E-state index is -0.0533. The van der Waals surface area contributed by atoms with Crippen LogP contribution in [0.3, 0.4) is 0 Å². The van der Waals surface area contributed by atoms with Gasteiger partial charge in [-0.25, -0.2) is 4.98 Å². The molecule has 1 saturated heterocycles. The Balaban J connectivity index is 1.90. The van der Waals surface area contributed by atoms with E-state index in [0.717, 1.165) is 31.8 Å². The maximum atomic E-state index is 12.0. The van der Waals surface area contributed by atoms with Crippen molar-refractivity contribution in [3.05, 3.63) is 18.2 Å². The molecule has 2 heterocycles. The van der Waals surface area contributed by atoms with E-state index in [1.54, 1.807) is 0 Å². The lowest BCUT2D eigenvalue weighted by Crippen LogP contribution is -2.42. The third-order valence-electron chi connectivity index (χ3n) is 3.76. The topological polar surface area (TPSA) is 64.2 Å². The standard InChI is InChI=1S/C14H24N4O/c1-11(15)8-14(19)18-6-3-4-12(10-18)9-13-16-5-7-17(13)2/h5,7,11-12H,3-4,6,8-10,15H2,1-2H3. The van der Waals surface area contributed by atoms with Gasteiger partial charge in [0.05, 0.1) is 0 Å². The van der Waals surface area contributed by atoms with Crippen molar-refractivity contribution in [2.45, 2.75) is 38.6 Å². The highest BCUT2D eigenvalue weighted by Gasteiger charge is 2.24. The third-order valence-corrected chi connectivity index (χ3v) is 3.76. The van der Waals surface area contributed by atoms with Crippen LogP contribution in [0.5, 0.6) is 0 Å². The zero-order valence-electron chi connectivity index (χ0n) is 11.9. The number of rotatable bonds is 4. The van der Waals surface area contributed by atoms with Gasteiger partial charge in [0.25, 0.3) is 0 Å². The highest BCUT2D eigenvalue weighted by Crippen LogP contribution is 2.20. The summed E-state index contributed by atoms with van der Waals surface area (Å²) in [5, 5.41) is 0. The van der Waals surface area contributed by atoms with Crippen LogP contribution in [0.25, 0.3) is 0 Å². The Morgan fingerprint density at radius 3 is 3.05 bits per heavy atom. The van der Waals surface area contributed by atoms with Crippen molar-refractivity contribution in [1.29, 1.82) is 0 Å². The van der Waals surface area contributed by atoms with Crippen LogP contribution >= 0.6 is 0 Å². The molecule has 1 aliphatic rings. The molecule has 5 heteroatoms. The molecule has 19 heavy (non-hydrogen) atoms. The number of piperidine rings is 1. The number of carbonyl (C=O) groups excluding carboxylic acids is 1. The van der Waals surface area contributed by atoms with Crippen LogP contribution in [-0.2, 0) is 18.3 Å². The van der Waals surface area contributed by atoms with E-state index in [1.807, 2.05) is 31.3 Å². The maximum absolute atomic E-state index is 12.0. The van der Waals surface area contributed by atoms with Crippen LogP contribution in [0, 0.1) is 5.92 Å². The highest BCUT2D eigenvalue weighted by atomic mass is 16.2. The number of amides is 1. The molecule has 0 spiro atoms. The first kappa shape index (κ1) is 14.1. The minimum absolute atomic E-state index is 0.0533. The van der Waals surface area contributed by atoms with Gasteiger partial charge in [-0.3, -0.25) is 4.79 Å². The number of nitrogens with two attached hydrogens (primary N) is 1. The number of likely N-dealkylation sites (tertiary alicyclic amines) is 1. The zero-order chi connectivity index (χ0) is 13.8. The molecule has 1 aromatic heterocycles. The lowest BCUT2D eigenvalue weighted by molar-refractivity contribution is -0.133. The van der Waals surface area contributed by atoms with Crippen LogP contribution in [0.15, 0.2) is 12.4 Å². The van der Waals surface area contributed by atoms with E-state index in [4.69, 9.17) is 5.73 Å². The second kappa shape index (κ2) is 6.19. The summed E-state index contributed by atoms with van der Waals surface area (Å²) in [6.45, 7) is 3.61. The molecule has 2 atom stereocenters. The summed E-state index contributed by atoms with van der Waals surface area (Å²) in [4.78, 5) is 18.4. The largest absolute Gasteiger partial charge is 0.342 e. The predicted octanol–water partition coefficient (Wildman–Crippen LogP) is 0.938. The molecule has 0 aliphatic carbocycles. The monoisotopic (exact) mass is 264 g/mol. The zero-order valence-corrected chi connectivity index (χ0v) is 11.9. The fourth-order valence-electron chi connectivity index (χ4n) is 2.71. The summed E-state index contributed by atoms with van der Waals surface area (Å²) in [5.74, 6) is 1.82. The average Bonchev–Trinajstić information content (AvgIpc) is 2.75. The number of hydrogen-bond acceptors (Lipinski definition) is 3. The third kappa shape index (κ3) is 3.80. The van der Waals surface area contributed by atoms with E-state index < -0.39 is 0 Å². The normalized spacial score (nSPS) is 21.4. The van der Waals surface area contributed by atoms with Crippen molar-refractivity contribution >= 4 is 5.91 Å². The van der Waals surface area contributed by atoms with Gasteiger partial charge in [0, 0.05) is 51.4 Å². The van der Waals surface area contributed by atoms with Gasteiger partial charge in [0.1, 0.15) is 5.82 Å². The van der Waals surface area contributed by atoms with Crippen LogP contribution in [0.2, 0.25) is 0 Å². The van der Waals surface area contributed by atoms with Crippen LogP contribution < -0.4 is 5.73 Å². The minimum Gasteiger partial charge on any atom is -0.342 e. The number of carbonyl (C=O) groups is 1. The Morgan fingerprint density at radius 2 is 2.42 bits per heavy atom. The SMILES string of the molecule is CC(N)CC(=O)N1CCCC(Cc2nccn2C)C1. The van der Waals surface area contributed by atoms with Crippen LogP contribution in [-0.4, -0.2) is 39.5 Å². The van der Waals surface area contributed by atoms with Crippen LogP contribution in [0.4, 0.5) is 0 Å². The first-order chi connectivity index (χ1) is 9.06. The first-order valence-electron chi connectivity index (χ1n) is 7.06. The van der Waals surface area contributed by atoms with Gasteiger partial charge in [0.15, 0.2) is 0 Å². The van der Waals surface area contributed by atoms with Crippen LogP contribution in [0.1, 0.15) is 32.0 Å². The quantitative estimate of drug-likeness (QED) is 0.880. The molecule has 2 unspecified atom stereocenters. The summed E-state index contributed by atoms with van der Waals surface area (Å²) < 4.78 is 2.06. The van der Waals surface area contributed by atoms with E-state index in [9.17, 15) is 4.79 Å². The smallest absolute Gasteiger partial charge is 0.224 e. The van der Waals surface area contributed by atoms with E-state index in [1.165, 1.54) is 6.42 Å². The van der Waals surface area contributed by atoms with Crippen molar-refractivity contribution < 1.29 is 4.79 Å². The molecule has 5 nitrogen and oxygen atoms in total. The lowest BCUT2D eigenvalue weighted by atomic mass is 9.94. The summed E-state index contributed by atoms with van der Waals surface area (Å²) in [6.07, 6.45) is 7.46. The molecule has 0 saturated carbocycles. The number of hydrogen-bond donors (Lipinski definition) is 1.